The molecule has 5 nitrogen and oxygen atoms in total. The van der Waals surface area contributed by atoms with Crippen LogP contribution in [0.5, 0.6) is 5.75 Å². The molecule has 2 aromatic heterocycles. The Bertz CT molecular complexity index is 762. The fourth-order valence-electron chi connectivity index (χ4n) is 2.45. The van der Waals surface area contributed by atoms with Crippen molar-refractivity contribution >= 4 is 22.6 Å². The predicted molar refractivity (Wildman–Crippen MR) is 82.8 cm³/mol. The molecule has 0 fully saturated rings. The molecular weight excluding hydrogens is 288 g/mol. The van der Waals surface area contributed by atoms with E-state index in [4.69, 9.17) is 16.3 Å². The zero-order chi connectivity index (χ0) is 14.8. The summed E-state index contributed by atoms with van der Waals surface area (Å²) in [5, 5.41) is 4.40. The number of halogens is 1. The molecule has 1 aromatic carbocycles. The molecule has 110 valence electrons. The molecule has 0 aliphatic heterocycles. The van der Waals surface area contributed by atoms with E-state index in [1.165, 1.54) is 0 Å². The van der Waals surface area contributed by atoms with Crippen LogP contribution in [0, 0.1) is 0 Å². The molecule has 0 bridgehead atoms. The highest BCUT2D eigenvalue weighted by Gasteiger charge is 2.11. The van der Waals surface area contributed by atoms with Gasteiger partial charge in [-0.25, -0.2) is 4.98 Å². The first-order valence-electron chi connectivity index (χ1n) is 6.79. The zero-order valence-corrected chi connectivity index (χ0v) is 12.8. The Balaban J connectivity index is 1.94. The van der Waals surface area contributed by atoms with Gasteiger partial charge in [0.25, 0.3) is 0 Å². The van der Waals surface area contributed by atoms with Crippen molar-refractivity contribution in [1.29, 1.82) is 0 Å². The lowest BCUT2D eigenvalue weighted by atomic mass is 10.2. The van der Waals surface area contributed by atoms with Crippen molar-refractivity contribution in [3.8, 4) is 5.75 Å². The predicted octanol–water partition coefficient (Wildman–Crippen LogP) is 2.76. The summed E-state index contributed by atoms with van der Waals surface area (Å²) < 4.78 is 9.25. The molecule has 0 aliphatic rings. The van der Waals surface area contributed by atoms with Crippen molar-refractivity contribution in [2.75, 3.05) is 7.11 Å². The summed E-state index contributed by atoms with van der Waals surface area (Å²) in [5.74, 6) is 2.08. The number of nitrogens with zero attached hydrogens (tertiary/aromatic N) is 4. The third kappa shape index (κ3) is 2.74. The van der Waals surface area contributed by atoms with Crippen molar-refractivity contribution in [2.24, 2.45) is 7.05 Å². The summed E-state index contributed by atoms with van der Waals surface area (Å²) >= 11 is 6.03. The van der Waals surface area contributed by atoms with Crippen LogP contribution >= 0.6 is 11.6 Å². The minimum absolute atomic E-state index is 0.388. The summed E-state index contributed by atoms with van der Waals surface area (Å²) in [5.41, 5.74) is 3.04. The normalized spacial score (nSPS) is 11.2. The fourth-order valence-corrected chi connectivity index (χ4v) is 2.66. The summed E-state index contributed by atoms with van der Waals surface area (Å²) in [6.07, 6.45) is 2.79. The summed E-state index contributed by atoms with van der Waals surface area (Å²) in [4.78, 5) is 4.57. The van der Waals surface area contributed by atoms with Gasteiger partial charge in [-0.2, -0.15) is 5.10 Å². The van der Waals surface area contributed by atoms with E-state index in [1.54, 1.807) is 7.11 Å². The molecule has 0 atom stereocenters. The van der Waals surface area contributed by atoms with Gasteiger partial charge in [0.2, 0.25) is 0 Å². The zero-order valence-electron chi connectivity index (χ0n) is 12.1. The van der Waals surface area contributed by atoms with Gasteiger partial charge in [0.05, 0.1) is 29.7 Å². The quantitative estimate of drug-likeness (QED) is 0.681. The summed E-state index contributed by atoms with van der Waals surface area (Å²) in [6, 6.07) is 7.90. The lowest BCUT2D eigenvalue weighted by Crippen LogP contribution is -2.06. The number of rotatable bonds is 5. The maximum atomic E-state index is 6.03. The van der Waals surface area contributed by atoms with Gasteiger partial charge in [-0.15, -0.1) is 11.6 Å². The standard InChI is InChI=1S/C15H17ClN4O/c1-19-7-5-11(18-19)6-8-20-14-9-12(21-2)3-4-13(14)17-15(20)10-16/h3-5,7,9H,6,8,10H2,1-2H3. The highest BCUT2D eigenvalue weighted by atomic mass is 35.5. The second kappa shape index (κ2) is 5.77. The number of aromatic nitrogens is 4. The highest BCUT2D eigenvalue weighted by Crippen LogP contribution is 2.23. The Kier molecular flexibility index (Phi) is 3.84. The molecule has 0 amide bonds. The molecule has 0 unspecified atom stereocenters. The number of ether oxygens (including phenoxy) is 1. The molecule has 3 rings (SSSR count). The van der Waals surface area contributed by atoms with Crippen LogP contribution < -0.4 is 4.74 Å². The number of hydrogen-bond donors (Lipinski definition) is 0. The monoisotopic (exact) mass is 304 g/mol. The third-order valence-electron chi connectivity index (χ3n) is 3.51. The molecule has 0 spiro atoms. The number of benzene rings is 1. The van der Waals surface area contributed by atoms with E-state index in [0.717, 1.165) is 41.3 Å². The third-order valence-corrected chi connectivity index (χ3v) is 3.75. The van der Waals surface area contributed by atoms with Gasteiger partial charge in [0, 0.05) is 32.3 Å². The first-order chi connectivity index (χ1) is 10.2. The van der Waals surface area contributed by atoms with Gasteiger partial charge in [-0.05, 0) is 18.2 Å². The van der Waals surface area contributed by atoms with Crippen molar-refractivity contribution in [1.82, 2.24) is 19.3 Å². The van der Waals surface area contributed by atoms with E-state index < -0.39 is 0 Å². The van der Waals surface area contributed by atoms with Crippen LogP contribution in [0.3, 0.4) is 0 Å². The van der Waals surface area contributed by atoms with Gasteiger partial charge < -0.3 is 9.30 Å². The molecule has 0 N–H and O–H groups in total. The second-order valence-electron chi connectivity index (χ2n) is 4.90. The van der Waals surface area contributed by atoms with E-state index >= 15 is 0 Å². The maximum Gasteiger partial charge on any atom is 0.124 e. The summed E-state index contributed by atoms with van der Waals surface area (Å²) in [6.45, 7) is 0.794. The molecule has 0 radical (unpaired) electrons. The maximum absolute atomic E-state index is 6.03. The highest BCUT2D eigenvalue weighted by molar-refractivity contribution is 6.16. The summed E-state index contributed by atoms with van der Waals surface area (Å²) in [7, 11) is 3.59. The van der Waals surface area contributed by atoms with Crippen LogP contribution in [0.4, 0.5) is 0 Å². The van der Waals surface area contributed by atoms with Gasteiger partial charge in [0.15, 0.2) is 0 Å². The Morgan fingerprint density at radius 1 is 1.29 bits per heavy atom. The number of imidazole rings is 1. The molecule has 6 heteroatoms. The van der Waals surface area contributed by atoms with E-state index in [0.29, 0.717) is 5.88 Å². The minimum Gasteiger partial charge on any atom is -0.497 e. The van der Waals surface area contributed by atoms with Crippen LogP contribution in [0.1, 0.15) is 11.5 Å². The van der Waals surface area contributed by atoms with Crippen molar-refractivity contribution in [2.45, 2.75) is 18.8 Å². The van der Waals surface area contributed by atoms with Crippen molar-refractivity contribution in [3.63, 3.8) is 0 Å². The van der Waals surface area contributed by atoms with Gasteiger partial charge >= 0.3 is 0 Å². The molecule has 3 aromatic rings. The fraction of sp³-hybridized carbons (Fsp3) is 0.333. The average Bonchev–Trinajstić information content (AvgIpc) is 3.07. The SMILES string of the molecule is COc1ccc2nc(CCl)n(CCc3ccn(C)n3)c2c1. The number of hydrogen-bond acceptors (Lipinski definition) is 3. The van der Waals surface area contributed by atoms with E-state index in [9.17, 15) is 0 Å². The Morgan fingerprint density at radius 3 is 2.81 bits per heavy atom. The molecule has 0 aliphatic carbocycles. The first kappa shape index (κ1) is 13.9. The molecule has 2 heterocycles. The number of fused-ring (bicyclic) bond motifs is 1. The Morgan fingerprint density at radius 2 is 2.14 bits per heavy atom. The molecular formula is C15H17ClN4O. The van der Waals surface area contributed by atoms with Crippen molar-refractivity contribution < 1.29 is 4.74 Å². The molecule has 21 heavy (non-hydrogen) atoms. The van der Waals surface area contributed by atoms with Crippen molar-refractivity contribution in [3.05, 3.63) is 42.0 Å². The van der Waals surface area contributed by atoms with Crippen LogP contribution in [-0.2, 0) is 25.9 Å². The second-order valence-corrected chi connectivity index (χ2v) is 5.17. The average molecular weight is 305 g/mol. The largest absolute Gasteiger partial charge is 0.497 e. The number of aryl methyl sites for hydroxylation is 3. The van der Waals surface area contributed by atoms with Crippen LogP contribution in [-0.4, -0.2) is 26.4 Å². The lowest BCUT2D eigenvalue weighted by molar-refractivity contribution is 0.415. The van der Waals surface area contributed by atoms with Crippen LogP contribution in [0.25, 0.3) is 11.0 Å². The van der Waals surface area contributed by atoms with Gasteiger partial charge in [-0.3, -0.25) is 4.68 Å². The number of methoxy groups -OCH3 is 1. The Labute approximate surface area is 128 Å². The lowest BCUT2D eigenvalue weighted by Gasteiger charge is -2.07. The Hall–Kier alpha value is -2.01. The minimum atomic E-state index is 0.388. The smallest absolute Gasteiger partial charge is 0.124 e. The topological polar surface area (TPSA) is 44.9 Å². The van der Waals surface area contributed by atoms with Gasteiger partial charge in [-0.1, -0.05) is 0 Å². The van der Waals surface area contributed by atoms with Crippen LogP contribution in [0.15, 0.2) is 30.5 Å². The van der Waals surface area contributed by atoms with Crippen LogP contribution in [0.2, 0.25) is 0 Å². The number of alkyl halides is 1. The molecule has 0 saturated carbocycles. The molecule has 0 saturated heterocycles. The van der Waals surface area contributed by atoms with E-state index in [-0.39, 0.29) is 0 Å². The van der Waals surface area contributed by atoms with E-state index in [2.05, 4.69) is 14.6 Å². The van der Waals surface area contributed by atoms with E-state index in [1.807, 2.05) is 42.2 Å². The van der Waals surface area contributed by atoms with Gasteiger partial charge in [0.1, 0.15) is 11.6 Å². The first-order valence-corrected chi connectivity index (χ1v) is 7.32.